The lowest BCUT2D eigenvalue weighted by Gasteiger charge is -2.27. The number of carbonyl (C=O) groups is 2. The van der Waals surface area contributed by atoms with Crippen molar-refractivity contribution in [1.29, 1.82) is 0 Å². The fourth-order valence-corrected chi connectivity index (χ4v) is 4.81. The monoisotopic (exact) mass is 456 g/mol. The van der Waals surface area contributed by atoms with E-state index in [-0.39, 0.29) is 0 Å². The Hall–Kier alpha value is -3.40. The van der Waals surface area contributed by atoms with Gasteiger partial charge in [0, 0.05) is 5.56 Å². The molecule has 3 aromatic rings. The largest absolute Gasteiger partial charge is 0.419 e. The summed E-state index contributed by atoms with van der Waals surface area (Å²) >= 11 is 0. The van der Waals surface area contributed by atoms with Gasteiger partial charge < -0.3 is 9.47 Å². The summed E-state index contributed by atoms with van der Waals surface area (Å²) in [6.45, 7) is 4.04. The van der Waals surface area contributed by atoms with Gasteiger partial charge in [0.2, 0.25) is 0 Å². The second kappa shape index (κ2) is 11.1. The Kier molecular flexibility index (Phi) is 7.79. The highest BCUT2D eigenvalue weighted by molar-refractivity contribution is 5.93. The van der Waals surface area contributed by atoms with Gasteiger partial charge in [0.25, 0.3) is 0 Å². The zero-order chi connectivity index (χ0) is 23.9. The van der Waals surface area contributed by atoms with Gasteiger partial charge in [-0.3, -0.25) is 0 Å². The van der Waals surface area contributed by atoms with Gasteiger partial charge in [0.1, 0.15) is 0 Å². The maximum atomic E-state index is 13.1. The van der Waals surface area contributed by atoms with Crippen LogP contribution in [0.1, 0.15) is 88.8 Å². The first-order chi connectivity index (χ1) is 16.6. The van der Waals surface area contributed by atoms with Gasteiger partial charge >= 0.3 is 11.9 Å². The van der Waals surface area contributed by atoms with Crippen molar-refractivity contribution in [3.8, 4) is 11.5 Å². The molecule has 0 bridgehead atoms. The first-order valence-corrected chi connectivity index (χ1v) is 12.3. The van der Waals surface area contributed by atoms with Crippen LogP contribution >= 0.6 is 0 Å². The third kappa shape index (κ3) is 5.39. The molecule has 1 aliphatic carbocycles. The van der Waals surface area contributed by atoms with Crippen molar-refractivity contribution in [1.82, 2.24) is 0 Å². The van der Waals surface area contributed by atoms with E-state index in [4.69, 9.17) is 9.47 Å². The molecule has 0 radical (unpaired) electrons. The topological polar surface area (TPSA) is 52.6 Å². The van der Waals surface area contributed by atoms with Crippen LogP contribution < -0.4 is 9.47 Å². The Bertz CT molecular complexity index is 1130. The normalized spacial score (nSPS) is 13.9. The predicted molar refractivity (Wildman–Crippen MR) is 134 cm³/mol. The van der Waals surface area contributed by atoms with Gasteiger partial charge in [-0.25, -0.2) is 9.59 Å². The van der Waals surface area contributed by atoms with Crippen LogP contribution in [-0.2, 0) is 6.42 Å². The number of hydrogen-bond donors (Lipinski definition) is 0. The predicted octanol–water partition coefficient (Wildman–Crippen LogP) is 7.43. The lowest BCUT2D eigenvalue weighted by molar-refractivity contribution is 0.0679. The summed E-state index contributed by atoms with van der Waals surface area (Å²) in [5.41, 5.74) is 3.94. The van der Waals surface area contributed by atoms with Crippen molar-refractivity contribution < 1.29 is 19.1 Å². The third-order valence-electron chi connectivity index (χ3n) is 6.51. The number of hydrogen-bond acceptors (Lipinski definition) is 4. The first kappa shape index (κ1) is 23.7. The summed E-state index contributed by atoms with van der Waals surface area (Å²) in [7, 11) is 0. The number of aryl methyl sites for hydroxylation is 1. The van der Waals surface area contributed by atoms with E-state index in [2.05, 4.69) is 13.0 Å². The van der Waals surface area contributed by atoms with Crippen molar-refractivity contribution in [3.05, 3.63) is 94.5 Å². The van der Waals surface area contributed by atoms with Gasteiger partial charge in [-0.1, -0.05) is 75.1 Å². The zero-order valence-electron chi connectivity index (χ0n) is 20.0. The molecule has 3 aromatic carbocycles. The smallest absolute Gasteiger partial charge is 0.343 e. The van der Waals surface area contributed by atoms with Crippen molar-refractivity contribution in [2.75, 3.05) is 0 Å². The van der Waals surface area contributed by atoms with E-state index in [9.17, 15) is 9.59 Å². The van der Waals surface area contributed by atoms with E-state index < -0.39 is 11.9 Å². The fraction of sp³-hybridized carbons (Fsp3) is 0.333. The number of benzene rings is 3. The van der Waals surface area contributed by atoms with Gasteiger partial charge in [0.15, 0.2) is 11.5 Å². The first-order valence-electron chi connectivity index (χ1n) is 12.3. The molecule has 4 nitrogen and oxygen atoms in total. The van der Waals surface area contributed by atoms with Crippen LogP contribution in [0.4, 0.5) is 0 Å². The quantitative estimate of drug-likeness (QED) is 0.274. The molecular weight excluding hydrogens is 424 g/mol. The molecular formula is C30H32O4. The second-order valence-corrected chi connectivity index (χ2v) is 9.02. The van der Waals surface area contributed by atoms with Crippen LogP contribution in [0.2, 0.25) is 0 Å². The molecule has 1 aliphatic rings. The number of rotatable bonds is 7. The van der Waals surface area contributed by atoms with Crippen LogP contribution in [0.3, 0.4) is 0 Å². The Morgan fingerprint density at radius 2 is 1.32 bits per heavy atom. The molecule has 0 unspecified atom stereocenters. The molecule has 0 saturated heterocycles. The van der Waals surface area contributed by atoms with E-state index in [0.717, 1.165) is 36.8 Å². The van der Waals surface area contributed by atoms with E-state index in [0.29, 0.717) is 28.5 Å². The molecule has 0 aromatic heterocycles. The van der Waals surface area contributed by atoms with Crippen molar-refractivity contribution in [3.63, 3.8) is 0 Å². The highest BCUT2D eigenvalue weighted by atomic mass is 16.6. The molecule has 176 valence electrons. The maximum Gasteiger partial charge on any atom is 0.343 e. The average Bonchev–Trinajstić information content (AvgIpc) is 2.89. The SMILES string of the molecule is CCCc1c(C2CCCCC2)cc(C)c(OC(=O)c2ccccc2)c1OC(=O)c1ccccc1. The average molecular weight is 457 g/mol. The molecule has 4 heteroatoms. The standard InChI is InChI=1S/C30H32O4/c1-3-13-25-26(22-14-7-4-8-15-22)20-21(2)27(33-29(31)23-16-9-5-10-17-23)28(25)34-30(32)24-18-11-6-12-19-24/h5-6,9-12,16-20,22H,3-4,7-8,13-15H2,1-2H3. The number of carbonyl (C=O) groups excluding carboxylic acids is 2. The van der Waals surface area contributed by atoms with Gasteiger partial charge in [-0.05, 0) is 67.5 Å². The summed E-state index contributed by atoms with van der Waals surface area (Å²) in [4.78, 5) is 26.1. The van der Waals surface area contributed by atoms with Crippen molar-refractivity contribution in [2.24, 2.45) is 0 Å². The summed E-state index contributed by atoms with van der Waals surface area (Å²) in [5.74, 6) is 0.243. The Balaban J connectivity index is 1.80. The van der Waals surface area contributed by atoms with Gasteiger partial charge in [-0.2, -0.15) is 0 Å². The van der Waals surface area contributed by atoms with E-state index in [1.165, 1.54) is 24.8 Å². The van der Waals surface area contributed by atoms with E-state index >= 15 is 0 Å². The molecule has 4 rings (SSSR count). The Morgan fingerprint density at radius 3 is 1.85 bits per heavy atom. The Labute approximate surface area is 201 Å². The molecule has 0 amide bonds. The minimum absolute atomic E-state index is 0.334. The third-order valence-corrected chi connectivity index (χ3v) is 6.51. The Morgan fingerprint density at radius 1 is 0.794 bits per heavy atom. The molecule has 0 atom stereocenters. The van der Waals surface area contributed by atoms with Crippen LogP contribution in [0, 0.1) is 6.92 Å². The summed E-state index contributed by atoms with van der Waals surface area (Å²) in [5, 5.41) is 0. The molecule has 0 heterocycles. The highest BCUT2D eigenvalue weighted by Gasteiger charge is 2.28. The molecule has 0 spiro atoms. The van der Waals surface area contributed by atoms with Crippen LogP contribution in [0.15, 0.2) is 66.7 Å². The molecule has 1 saturated carbocycles. The summed E-state index contributed by atoms with van der Waals surface area (Å²) in [6, 6.07) is 20.0. The van der Waals surface area contributed by atoms with Gasteiger partial charge in [0.05, 0.1) is 11.1 Å². The molecule has 1 fully saturated rings. The second-order valence-electron chi connectivity index (χ2n) is 9.02. The minimum Gasteiger partial charge on any atom is -0.419 e. The van der Waals surface area contributed by atoms with Crippen LogP contribution in [0.25, 0.3) is 0 Å². The van der Waals surface area contributed by atoms with Crippen LogP contribution in [0.5, 0.6) is 11.5 Å². The summed E-state index contributed by atoms with van der Waals surface area (Å²) < 4.78 is 12.0. The van der Waals surface area contributed by atoms with Crippen molar-refractivity contribution in [2.45, 2.75) is 64.7 Å². The fourth-order valence-electron chi connectivity index (χ4n) is 4.81. The number of ether oxygens (including phenoxy) is 2. The van der Waals surface area contributed by atoms with Crippen LogP contribution in [-0.4, -0.2) is 11.9 Å². The summed E-state index contributed by atoms with van der Waals surface area (Å²) in [6.07, 6.45) is 7.58. The number of esters is 2. The molecule has 0 N–H and O–H groups in total. The van der Waals surface area contributed by atoms with E-state index in [1.54, 1.807) is 36.4 Å². The van der Waals surface area contributed by atoms with Gasteiger partial charge in [-0.15, -0.1) is 0 Å². The maximum absolute atomic E-state index is 13.1. The minimum atomic E-state index is -0.464. The molecule has 0 aliphatic heterocycles. The lowest BCUT2D eigenvalue weighted by atomic mass is 9.80. The zero-order valence-corrected chi connectivity index (χ0v) is 20.0. The van der Waals surface area contributed by atoms with Crippen molar-refractivity contribution >= 4 is 11.9 Å². The highest BCUT2D eigenvalue weighted by Crippen LogP contribution is 2.44. The van der Waals surface area contributed by atoms with E-state index in [1.807, 2.05) is 31.2 Å². The lowest BCUT2D eigenvalue weighted by Crippen LogP contribution is -2.17. The molecule has 34 heavy (non-hydrogen) atoms.